The molecule has 21 heavy (non-hydrogen) atoms. The first-order chi connectivity index (χ1) is 10.1. The average molecular weight is 295 g/mol. The second kappa shape index (κ2) is 7.48. The molecule has 3 N–H and O–H groups in total. The van der Waals surface area contributed by atoms with Crippen LogP contribution >= 0.6 is 0 Å². The van der Waals surface area contributed by atoms with Gasteiger partial charge < -0.3 is 15.8 Å². The normalized spacial score (nSPS) is 30.8. The Balaban J connectivity index is 1.65. The summed E-state index contributed by atoms with van der Waals surface area (Å²) in [6.07, 6.45) is 9.31. The van der Waals surface area contributed by atoms with E-state index in [9.17, 15) is 0 Å². The molecule has 2 fully saturated rings. The van der Waals surface area contributed by atoms with Crippen LogP contribution in [-0.4, -0.2) is 31.3 Å². The number of fused-ring (bicyclic) bond motifs is 1. The molecule has 2 rings (SSSR count). The number of nitrogens with one attached hydrogen (secondary N) is 1. The Hall–Kier alpha value is -0.770. The summed E-state index contributed by atoms with van der Waals surface area (Å²) in [5.74, 6) is 1.23. The quantitative estimate of drug-likeness (QED) is 0.411. The number of hydrogen-bond donors (Lipinski definition) is 2. The summed E-state index contributed by atoms with van der Waals surface area (Å²) in [6.45, 7) is 8.52. The van der Waals surface area contributed by atoms with Gasteiger partial charge in [0.2, 0.25) is 0 Å². The third-order valence-corrected chi connectivity index (χ3v) is 5.20. The van der Waals surface area contributed by atoms with Gasteiger partial charge in [0.15, 0.2) is 5.96 Å². The minimum absolute atomic E-state index is 0.168. The summed E-state index contributed by atoms with van der Waals surface area (Å²) >= 11 is 0. The van der Waals surface area contributed by atoms with E-state index < -0.39 is 0 Å². The second-order valence-corrected chi connectivity index (χ2v) is 7.22. The Morgan fingerprint density at radius 1 is 1.24 bits per heavy atom. The van der Waals surface area contributed by atoms with Gasteiger partial charge in [-0.05, 0) is 12.8 Å². The van der Waals surface area contributed by atoms with Crippen LogP contribution in [-0.2, 0) is 4.74 Å². The summed E-state index contributed by atoms with van der Waals surface area (Å²) in [6, 6.07) is 0.415. The fourth-order valence-corrected chi connectivity index (χ4v) is 3.91. The van der Waals surface area contributed by atoms with Gasteiger partial charge in [0.05, 0.1) is 6.10 Å². The number of nitrogens with zero attached hydrogens (tertiary/aromatic N) is 1. The number of guanidine groups is 1. The Morgan fingerprint density at radius 2 is 1.95 bits per heavy atom. The van der Waals surface area contributed by atoms with Crippen LogP contribution in [0.4, 0.5) is 0 Å². The van der Waals surface area contributed by atoms with Crippen molar-refractivity contribution in [3.63, 3.8) is 0 Å². The summed E-state index contributed by atoms with van der Waals surface area (Å²) in [5.41, 5.74) is 6.22. The highest BCUT2D eigenvalue weighted by Crippen LogP contribution is 2.51. The molecule has 3 atom stereocenters. The van der Waals surface area contributed by atoms with Crippen molar-refractivity contribution in [2.45, 2.75) is 77.9 Å². The maximum atomic E-state index is 6.05. The van der Waals surface area contributed by atoms with Crippen LogP contribution in [0.25, 0.3) is 0 Å². The molecule has 0 spiro atoms. The SMILES string of the molecule is CCCCCCCCN=C(N)NC1C2CCOC2C1(C)C. The molecule has 122 valence electrons. The lowest BCUT2D eigenvalue weighted by atomic mass is 9.57. The van der Waals surface area contributed by atoms with Gasteiger partial charge in [-0.3, -0.25) is 4.99 Å². The van der Waals surface area contributed by atoms with Crippen LogP contribution in [0.15, 0.2) is 4.99 Å². The molecule has 1 aliphatic heterocycles. The number of rotatable bonds is 8. The van der Waals surface area contributed by atoms with Gasteiger partial charge >= 0.3 is 0 Å². The molecule has 0 aromatic carbocycles. The average Bonchev–Trinajstić information content (AvgIpc) is 2.91. The van der Waals surface area contributed by atoms with Gasteiger partial charge in [0.25, 0.3) is 0 Å². The van der Waals surface area contributed by atoms with Gasteiger partial charge in [-0.1, -0.05) is 52.9 Å². The molecule has 4 nitrogen and oxygen atoms in total. The summed E-state index contributed by atoms with van der Waals surface area (Å²) < 4.78 is 5.80. The third-order valence-electron chi connectivity index (χ3n) is 5.20. The smallest absolute Gasteiger partial charge is 0.188 e. The first-order valence-electron chi connectivity index (χ1n) is 8.75. The molecule has 1 aliphatic carbocycles. The lowest BCUT2D eigenvalue weighted by Gasteiger charge is -2.54. The maximum Gasteiger partial charge on any atom is 0.188 e. The number of nitrogens with two attached hydrogens (primary N) is 1. The minimum Gasteiger partial charge on any atom is -0.377 e. The van der Waals surface area contributed by atoms with Crippen molar-refractivity contribution in [1.82, 2.24) is 5.32 Å². The highest BCUT2D eigenvalue weighted by Gasteiger charge is 2.59. The Labute approximate surface area is 129 Å². The standard InChI is InChI=1S/C17H33N3O/c1-4-5-6-7-8-9-11-19-16(18)20-14-13-10-12-21-15(13)17(14,2)3/h13-15H,4-12H2,1-3H3,(H3,18,19,20). The zero-order chi connectivity index (χ0) is 15.3. The van der Waals surface area contributed by atoms with E-state index in [2.05, 4.69) is 31.1 Å². The van der Waals surface area contributed by atoms with Crippen LogP contribution < -0.4 is 11.1 Å². The number of aliphatic imine (C=N–C) groups is 1. The van der Waals surface area contributed by atoms with Crippen molar-refractivity contribution in [1.29, 1.82) is 0 Å². The van der Waals surface area contributed by atoms with E-state index >= 15 is 0 Å². The Kier molecular flexibility index (Phi) is 5.91. The molecule has 0 radical (unpaired) electrons. The molecule has 0 amide bonds. The molecule has 4 heteroatoms. The number of hydrogen-bond acceptors (Lipinski definition) is 2. The minimum atomic E-state index is 0.168. The van der Waals surface area contributed by atoms with Crippen LogP contribution in [0.5, 0.6) is 0 Å². The Bertz CT molecular complexity index is 354. The van der Waals surface area contributed by atoms with Gasteiger partial charge in [-0.15, -0.1) is 0 Å². The molecule has 1 saturated heterocycles. The van der Waals surface area contributed by atoms with Crippen LogP contribution in [0.1, 0.15) is 65.7 Å². The van der Waals surface area contributed by atoms with Crippen molar-refractivity contribution in [2.24, 2.45) is 22.1 Å². The van der Waals surface area contributed by atoms with Gasteiger partial charge in [0.1, 0.15) is 0 Å². The molecule has 3 unspecified atom stereocenters. The van der Waals surface area contributed by atoms with Crippen LogP contribution in [0, 0.1) is 11.3 Å². The number of ether oxygens (including phenoxy) is 1. The van der Waals surface area contributed by atoms with Crippen molar-refractivity contribution < 1.29 is 4.74 Å². The van der Waals surface area contributed by atoms with Gasteiger partial charge in [-0.2, -0.15) is 0 Å². The highest BCUT2D eigenvalue weighted by atomic mass is 16.5. The fraction of sp³-hybridized carbons (Fsp3) is 0.941. The van der Waals surface area contributed by atoms with E-state index in [0.29, 0.717) is 24.0 Å². The summed E-state index contributed by atoms with van der Waals surface area (Å²) in [7, 11) is 0. The molecular weight excluding hydrogens is 262 g/mol. The first kappa shape index (κ1) is 16.6. The van der Waals surface area contributed by atoms with Crippen molar-refractivity contribution in [2.75, 3.05) is 13.2 Å². The predicted molar refractivity (Wildman–Crippen MR) is 88.4 cm³/mol. The zero-order valence-corrected chi connectivity index (χ0v) is 14.0. The molecule has 1 heterocycles. The molecule has 2 aliphatic rings. The van der Waals surface area contributed by atoms with E-state index in [1.807, 2.05) is 0 Å². The van der Waals surface area contributed by atoms with E-state index in [1.165, 1.54) is 32.1 Å². The van der Waals surface area contributed by atoms with Gasteiger partial charge in [0, 0.05) is 30.5 Å². The van der Waals surface area contributed by atoms with Crippen molar-refractivity contribution in [3.05, 3.63) is 0 Å². The maximum absolute atomic E-state index is 6.05. The van der Waals surface area contributed by atoms with Crippen LogP contribution in [0.2, 0.25) is 0 Å². The monoisotopic (exact) mass is 295 g/mol. The summed E-state index contributed by atoms with van der Waals surface area (Å²) in [5, 5.41) is 3.44. The van der Waals surface area contributed by atoms with Crippen molar-refractivity contribution in [3.8, 4) is 0 Å². The first-order valence-corrected chi connectivity index (χ1v) is 8.75. The lowest BCUT2D eigenvalue weighted by molar-refractivity contribution is -0.106. The lowest BCUT2D eigenvalue weighted by Crippen LogP contribution is -2.67. The van der Waals surface area contributed by atoms with E-state index in [-0.39, 0.29) is 5.41 Å². The van der Waals surface area contributed by atoms with Crippen LogP contribution in [0.3, 0.4) is 0 Å². The largest absolute Gasteiger partial charge is 0.377 e. The molecular formula is C17H33N3O. The van der Waals surface area contributed by atoms with E-state index in [1.54, 1.807) is 0 Å². The van der Waals surface area contributed by atoms with Gasteiger partial charge in [-0.25, -0.2) is 0 Å². The van der Waals surface area contributed by atoms with E-state index in [0.717, 1.165) is 26.0 Å². The summed E-state index contributed by atoms with van der Waals surface area (Å²) in [4.78, 5) is 4.49. The zero-order valence-electron chi connectivity index (χ0n) is 14.0. The number of unbranched alkanes of at least 4 members (excludes halogenated alkanes) is 5. The van der Waals surface area contributed by atoms with Crippen molar-refractivity contribution >= 4 is 5.96 Å². The molecule has 0 aromatic rings. The molecule has 0 bridgehead atoms. The second-order valence-electron chi connectivity index (χ2n) is 7.22. The topological polar surface area (TPSA) is 59.6 Å². The highest BCUT2D eigenvalue weighted by molar-refractivity contribution is 5.78. The third kappa shape index (κ3) is 3.91. The predicted octanol–water partition coefficient (Wildman–Crippen LogP) is 3.06. The fourth-order valence-electron chi connectivity index (χ4n) is 3.91. The molecule has 1 saturated carbocycles. The van der Waals surface area contributed by atoms with E-state index in [4.69, 9.17) is 10.5 Å². The Morgan fingerprint density at radius 3 is 2.71 bits per heavy atom. The molecule has 0 aromatic heterocycles.